The number of carbonyl (C=O) groups excluding carboxylic acids is 3. The molecule has 134 valence electrons. The topological polar surface area (TPSA) is 118 Å². The van der Waals surface area contributed by atoms with E-state index in [0.29, 0.717) is 11.3 Å². The number of hydrogen-bond acceptors (Lipinski definition) is 6. The third-order valence-electron chi connectivity index (χ3n) is 2.95. The minimum atomic E-state index is -1.16. The molecule has 2 N–H and O–H groups in total. The van der Waals surface area contributed by atoms with Gasteiger partial charge in [-0.2, -0.15) is 5.26 Å². The molecule has 8 heteroatoms. The van der Waals surface area contributed by atoms with Crippen molar-refractivity contribution >= 4 is 17.9 Å². The number of benzene rings is 1. The first-order valence-corrected chi connectivity index (χ1v) is 7.71. The van der Waals surface area contributed by atoms with Gasteiger partial charge in [0.05, 0.1) is 11.6 Å². The number of hydrogen-bond donors (Lipinski definition) is 2. The Balaban J connectivity index is 2.51. The molecule has 2 atom stereocenters. The van der Waals surface area contributed by atoms with E-state index in [1.807, 2.05) is 6.07 Å². The van der Waals surface area contributed by atoms with E-state index in [0.717, 1.165) is 0 Å². The molecule has 25 heavy (non-hydrogen) atoms. The fourth-order valence-electron chi connectivity index (χ4n) is 1.70. The molecule has 1 rings (SSSR count). The summed E-state index contributed by atoms with van der Waals surface area (Å²) in [5.74, 6) is -1.11. The number of carbonyl (C=O) groups is 3. The molecule has 0 aliphatic heterocycles. The third kappa shape index (κ3) is 6.91. The summed E-state index contributed by atoms with van der Waals surface area (Å²) < 4.78 is 10.4. The number of ether oxygens (including phenoxy) is 2. The smallest absolute Gasteiger partial charge is 0.347 e. The van der Waals surface area contributed by atoms with Crippen molar-refractivity contribution in [3.05, 3.63) is 29.8 Å². The van der Waals surface area contributed by atoms with Crippen LogP contribution in [0.5, 0.6) is 5.75 Å². The molecule has 0 radical (unpaired) electrons. The Kier molecular flexibility index (Phi) is 7.41. The molecule has 0 aliphatic carbocycles. The lowest BCUT2D eigenvalue weighted by atomic mass is 10.2. The van der Waals surface area contributed by atoms with Crippen LogP contribution in [-0.2, 0) is 14.3 Å². The summed E-state index contributed by atoms with van der Waals surface area (Å²) in [6, 6.07) is 7.38. The summed E-state index contributed by atoms with van der Waals surface area (Å²) in [6.45, 7) is 6.31. The van der Waals surface area contributed by atoms with Crippen molar-refractivity contribution in [2.45, 2.75) is 45.9 Å². The van der Waals surface area contributed by atoms with Gasteiger partial charge in [-0.05, 0) is 52.0 Å². The fourth-order valence-corrected chi connectivity index (χ4v) is 1.70. The van der Waals surface area contributed by atoms with Gasteiger partial charge in [-0.1, -0.05) is 0 Å². The van der Waals surface area contributed by atoms with Gasteiger partial charge in [-0.25, -0.2) is 9.59 Å². The standard InChI is InChI=1S/C17H21N3O5/c1-10(2)19-17(23)20-15(21)11(3)25-16(22)12(4)24-14-7-5-13(9-18)6-8-14/h5-8,10-12H,1-4H3,(H2,19,20,21,23)/t11-,12-/m1/s1. The van der Waals surface area contributed by atoms with Crippen LogP contribution < -0.4 is 15.4 Å². The van der Waals surface area contributed by atoms with Crippen molar-refractivity contribution in [3.63, 3.8) is 0 Å². The zero-order valence-electron chi connectivity index (χ0n) is 14.5. The van der Waals surface area contributed by atoms with Crippen LogP contribution in [0.1, 0.15) is 33.3 Å². The molecule has 0 unspecified atom stereocenters. The van der Waals surface area contributed by atoms with E-state index >= 15 is 0 Å². The lowest BCUT2D eigenvalue weighted by Gasteiger charge is -2.18. The molecule has 8 nitrogen and oxygen atoms in total. The second kappa shape index (κ2) is 9.27. The monoisotopic (exact) mass is 347 g/mol. The summed E-state index contributed by atoms with van der Waals surface area (Å²) in [5.41, 5.74) is 0.465. The predicted molar refractivity (Wildman–Crippen MR) is 88.6 cm³/mol. The van der Waals surface area contributed by atoms with Crippen molar-refractivity contribution in [2.75, 3.05) is 0 Å². The molecule has 1 aromatic carbocycles. The van der Waals surface area contributed by atoms with Gasteiger partial charge >= 0.3 is 12.0 Å². The second-order valence-electron chi connectivity index (χ2n) is 5.59. The first-order chi connectivity index (χ1) is 11.7. The van der Waals surface area contributed by atoms with Gasteiger partial charge in [0.2, 0.25) is 0 Å². The van der Waals surface area contributed by atoms with Gasteiger partial charge in [0.25, 0.3) is 5.91 Å². The van der Waals surface area contributed by atoms with E-state index in [4.69, 9.17) is 14.7 Å². The van der Waals surface area contributed by atoms with Gasteiger partial charge in [-0.15, -0.1) is 0 Å². The lowest BCUT2D eigenvalue weighted by Crippen LogP contribution is -2.47. The number of nitrogens with zero attached hydrogens (tertiary/aromatic N) is 1. The highest BCUT2D eigenvalue weighted by Gasteiger charge is 2.24. The number of urea groups is 1. The highest BCUT2D eigenvalue weighted by molar-refractivity contribution is 5.97. The molecular weight excluding hydrogens is 326 g/mol. The lowest BCUT2D eigenvalue weighted by molar-refractivity contribution is -0.160. The van der Waals surface area contributed by atoms with Crippen LogP contribution >= 0.6 is 0 Å². The average Bonchev–Trinajstić information content (AvgIpc) is 2.54. The summed E-state index contributed by atoms with van der Waals surface area (Å²) >= 11 is 0. The molecule has 0 spiro atoms. The van der Waals surface area contributed by atoms with Crippen molar-refractivity contribution in [2.24, 2.45) is 0 Å². The third-order valence-corrected chi connectivity index (χ3v) is 2.95. The Morgan fingerprint density at radius 1 is 1.04 bits per heavy atom. The number of esters is 1. The zero-order chi connectivity index (χ0) is 19.0. The van der Waals surface area contributed by atoms with Crippen molar-refractivity contribution in [1.82, 2.24) is 10.6 Å². The molecule has 0 bridgehead atoms. The maximum Gasteiger partial charge on any atom is 0.347 e. The SMILES string of the molecule is CC(C)NC(=O)NC(=O)[C@@H](C)OC(=O)[C@@H](C)Oc1ccc(C#N)cc1. The number of rotatable bonds is 6. The van der Waals surface area contributed by atoms with E-state index in [1.54, 1.807) is 38.1 Å². The second-order valence-corrected chi connectivity index (χ2v) is 5.59. The van der Waals surface area contributed by atoms with Gasteiger partial charge < -0.3 is 14.8 Å². The van der Waals surface area contributed by atoms with Crippen LogP contribution in [0.4, 0.5) is 4.79 Å². The summed E-state index contributed by atoms with van der Waals surface area (Å²) in [5, 5.41) is 13.3. The number of imide groups is 1. The Morgan fingerprint density at radius 3 is 2.16 bits per heavy atom. The molecule has 0 saturated heterocycles. The Bertz CT molecular complexity index is 664. The normalized spacial score (nSPS) is 12.5. The van der Waals surface area contributed by atoms with Crippen molar-refractivity contribution in [3.8, 4) is 11.8 Å². The van der Waals surface area contributed by atoms with E-state index in [-0.39, 0.29) is 6.04 Å². The van der Waals surface area contributed by atoms with Crippen LogP contribution in [0, 0.1) is 11.3 Å². The molecule has 1 aromatic rings. The van der Waals surface area contributed by atoms with Crippen LogP contribution in [0.3, 0.4) is 0 Å². The van der Waals surface area contributed by atoms with E-state index in [9.17, 15) is 14.4 Å². The van der Waals surface area contributed by atoms with Crippen molar-refractivity contribution < 1.29 is 23.9 Å². The molecule has 3 amide bonds. The number of nitrogens with one attached hydrogen (secondary N) is 2. The highest BCUT2D eigenvalue weighted by Crippen LogP contribution is 2.14. The minimum Gasteiger partial charge on any atom is -0.479 e. The Hall–Kier alpha value is -3.08. The van der Waals surface area contributed by atoms with Crippen LogP contribution in [0.15, 0.2) is 24.3 Å². The molecule has 0 heterocycles. The summed E-state index contributed by atoms with van der Waals surface area (Å²) in [7, 11) is 0. The summed E-state index contributed by atoms with van der Waals surface area (Å²) in [4.78, 5) is 35.2. The van der Waals surface area contributed by atoms with Gasteiger partial charge in [-0.3, -0.25) is 10.1 Å². The molecular formula is C17H21N3O5. The maximum absolute atomic E-state index is 12.0. The first kappa shape index (κ1) is 20.0. The molecule has 0 aromatic heterocycles. The maximum atomic E-state index is 12.0. The first-order valence-electron chi connectivity index (χ1n) is 7.71. The minimum absolute atomic E-state index is 0.133. The molecule has 0 aliphatic rings. The molecule has 0 saturated carbocycles. The highest BCUT2D eigenvalue weighted by atomic mass is 16.6. The summed E-state index contributed by atoms with van der Waals surface area (Å²) in [6.07, 6.45) is -2.12. The van der Waals surface area contributed by atoms with Crippen LogP contribution in [0.25, 0.3) is 0 Å². The number of amides is 3. The van der Waals surface area contributed by atoms with E-state index < -0.39 is 30.1 Å². The quantitative estimate of drug-likeness (QED) is 0.753. The Morgan fingerprint density at radius 2 is 1.64 bits per heavy atom. The number of nitriles is 1. The van der Waals surface area contributed by atoms with Crippen LogP contribution in [0.2, 0.25) is 0 Å². The van der Waals surface area contributed by atoms with E-state index in [2.05, 4.69) is 10.6 Å². The van der Waals surface area contributed by atoms with Crippen molar-refractivity contribution in [1.29, 1.82) is 5.26 Å². The Labute approximate surface area is 146 Å². The predicted octanol–water partition coefficient (Wildman–Crippen LogP) is 1.49. The molecule has 0 fully saturated rings. The van der Waals surface area contributed by atoms with Crippen LogP contribution in [-0.4, -0.2) is 36.2 Å². The fraction of sp³-hybridized carbons (Fsp3) is 0.412. The van der Waals surface area contributed by atoms with Gasteiger partial charge in [0.1, 0.15) is 5.75 Å². The van der Waals surface area contributed by atoms with Gasteiger partial charge in [0, 0.05) is 6.04 Å². The van der Waals surface area contributed by atoms with E-state index in [1.165, 1.54) is 13.8 Å². The zero-order valence-corrected chi connectivity index (χ0v) is 14.5. The largest absolute Gasteiger partial charge is 0.479 e. The van der Waals surface area contributed by atoms with Gasteiger partial charge in [0.15, 0.2) is 12.2 Å². The average molecular weight is 347 g/mol.